The summed E-state index contributed by atoms with van der Waals surface area (Å²) in [5.74, 6) is 0. The maximum atomic E-state index is 12.8. The van der Waals surface area contributed by atoms with Crippen LogP contribution in [-0.2, 0) is 10.0 Å². The Morgan fingerprint density at radius 2 is 1.33 bits per heavy atom. The average Bonchev–Trinajstić information content (AvgIpc) is 2.67. The summed E-state index contributed by atoms with van der Waals surface area (Å²) in [7, 11) is -3.45. The van der Waals surface area contributed by atoms with Crippen molar-refractivity contribution in [2.45, 2.75) is 87.6 Å². The fourth-order valence-corrected chi connectivity index (χ4v) is 5.51. The van der Waals surface area contributed by atoms with Gasteiger partial charge in [-0.1, -0.05) is 44.9 Å². The van der Waals surface area contributed by atoms with Crippen molar-refractivity contribution in [3.05, 3.63) is 24.3 Å². The van der Waals surface area contributed by atoms with Gasteiger partial charge in [-0.15, -0.1) is 0 Å². The van der Waals surface area contributed by atoms with Gasteiger partial charge < -0.3 is 10.6 Å². The van der Waals surface area contributed by atoms with Gasteiger partial charge in [-0.3, -0.25) is 0 Å². The van der Waals surface area contributed by atoms with Crippen molar-refractivity contribution in [3.63, 3.8) is 0 Å². The van der Waals surface area contributed by atoms with Gasteiger partial charge in [-0.25, -0.2) is 13.1 Å². The number of anilines is 1. The van der Waals surface area contributed by atoms with E-state index in [1.54, 1.807) is 12.1 Å². The van der Waals surface area contributed by atoms with Crippen molar-refractivity contribution in [1.82, 2.24) is 4.72 Å². The molecule has 1 saturated carbocycles. The minimum absolute atomic E-state index is 0.0661. The lowest BCUT2D eigenvalue weighted by molar-refractivity contribution is 0.435. The Morgan fingerprint density at radius 1 is 0.815 bits per heavy atom. The molecule has 1 aliphatic heterocycles. The molecule has 3 rings (SSSR count). The van der Waals surface area contributed by atoms with E-state index >= 15 is 0 Å². The first kappa shape index (κ1) is 20.6. The first-order valence-electron chi connectivity index (χ1n) is 10.7. The highest BCUT2D eigenvalue weighted by molar-refractivity contribution is 7.89. The third-order valence-corrected chi connectivity index (χ3v) is 7.52. The van der Waals surface area contributed by atoms with Gasteiger partial charge in [0.1, 0.15) is 0 Å². The second-order valence-corrected chi connectivity index (χ2v) is 9.90. The molecule has 6 heteroatoms. The lowest BCUT2D eigenvalue weighted by Crippen LogP contribution is -2.39. The highest BCUT2D eigenvalue weighted by Gasteiger charge is 2.21. The van der Waals surface area contributed by atoms with Crippen molar-refractivity contribution < 1.29 is 8.42 Å². The van der Waals surface area contributed by atoms with Gasteiger partial charge in [0, 0.05) is 30.9 Å². The first-order chi connectivity index (χ1) is 13.0. The van der Waals surface area contributed by atoms with Crippen molar-refractivity contribution in [1.29, 1.82) is 0 Å². The summed E-state index contributed by atoms with van der Waals surface area (Å²) in [5, 5.41) is 0. The normalized spacial score (nSPS) is 21.9. The van der Waals surface area contributed by atoms with E-state index in [1.165, 1.54) is 32.1 Å². The molecule has 0 unspecified atom stereocenters. The van der Waals surface area contributed by atoms with Gasteiger partial charge in [0.05, 0.1) is 4.90 Å². The van der Waals surface area contributed by atoms with Crippen LogP contribution in [0.1, 0.15) is 70.6 Å². The number of nitrogens with two attached hydrogens (primary N) is 1. The molecule has 1 saturated heterocycles. The van der Waals surface area contributed by atoms with Gasteiger partial charge in [0.2, 0.25) is 10.0 Å². The molecule has 1 aromatic rings. The van der Waals surface area contributed by atoms with Crippen molar-refractivity contribution >= 4 is 15.7 Å². The fraction of sp³-hybridized carbons (Fsp3) is 0.714. The largest absolute Gasteiger partial charge is 0.371 e. The molecule has 2 fully saturated rings. The van der Waals surface area contributed by atoms with E-state index in [1.807, 2.05) is 12.1 Å². The quantitative estimate of drug-likeness (QED) is 0.816. The van der Waals surface area contributed by atoms with Gasteiger partial charge in [-0.2, -0.15) is 0 Å². The van der Waals surface area contributed by atoms with E-state index in [0.717, 1.165) is 57.3 Å². The Hall–Kier alpha value is -1.11. The molecule has 1 heterocycles. The number of piperidine rings is 1. The first-order valence-corrected chi connectivity index (χ1v) is 12.2. The number of nitrogens with one attached hydrogen (secondary N) is 1. The molecule has 3 N–H and O–H groups in total. The Labute approximate surface area is 164 Å². The molecule has 0 bridgehead atoms. The smallest absolute Gasteiger partial charge is 0.240 e. The van der Waals surface area contributed by atoms with Gasteiger partial charge in [0.15, 0.2) is 0 Å². The second-order valence-electron chi connectivity index (χ2n) is 8.19. The van der Waals surface area contributed by atoms with E-state index < -0.39 is 10.0 Å². The summed E-state index contributed by atoms with van der Waals surface area (Å²) < 4.78 is 28.7. The van der Waals surface area contributed by atoms with Gasteiger partial charge in [-0.05, 0) is 49.9 Å². The standard InChI is InChI=1S/C21H35N3O2S/c22-18-14-16-24(17-15-18)20-10-12-21(13-11-20)27(25,26)23-19-8-6-4-2-1-3-5-7-9-19/h10-13,18-19,23H,1-9,14-17,22H2. The third-order valence-electron chi connectivity index (χ3n) is 5.98. The van der Waals surface area contributed by atoms with Gasteiger partial charge in [0.25, 0.3) is 0 Å². The summed E-state index contributed by atoms with van der Waals surface area (Å²) in [6.45, 7) is 1.88. The molecule has 5 nitrogen and oxygen atoms in total. The molecular weight excluding hydrogens is 358 g/mol. The van der Waals surface area contributed by atoms with E-state index in [2.05, 4.69) is 9.62 Å². The number of hydrogen-bond donors (Lipinski definition) is 2. The Balaban J connectivity index is 1.61. The van der Waals surface area contributed by atoms with E-state index in [9.17, 15) is 8.42 Å². The lowest BCUT2D eigenvalue weighted by atomic mass is 9.98. The van der Waals surface area contributed by atoms with Crippen molar-refractivity contribution in [2.24, 2.45) is 5.73 Å². The van der Waals surface area contributed by atoms with Crippen LogP contribution in [0.4, 0.5) is 5.69 Å². The van der Waals surface area contributed by atoms with Crippen LogP contribution in [0.15, 0.2) is 29.2 Å². The van der Waals surface area contributed by atoms with Crippen LogP contribution in [0.25, 0.3) is 0 Å². The van der Waals surface area contributed by atoms with E-state index in [-0.39, 0.29) is 6.04 Å². The topological polar surface area (TPSA) is 75.4 Å². The molecule has 27 heavy (non-hydrogen) atoms. The molecule has 1 aliphatic carbocycles. The fourth-order valence-electron chi connectivity index (χ4n) is 4.21. The SMILES string of the molecule is NC1CCN(c2ccc(S(=O)(=O)NC3CCCCCCCCC3)cc2)CC1. The summed E-state index contributed by atoms with van der Waals surface area (Å²) in [6.07, 6.45) is 12.4. The monoisotopic (exact) mass is 393 g/mol. The summed E-state index contributed by atoms with van der Waals surface area (Å²) in [5.41, 5.74) is 7.05. The molecule has 0 amide bonds. The zero-order valence-corrected chi connectivity index (χ0v) is 17.2. The Kier molecular flexibility index (Phi) is 7.56. The zero-order valence-electron chi connectivity index (χ0n) is 16.4. The minimum Gasteiger partial charge on any atom is -0.371 e. The molecule has 0 radical (unpaired) electrons. The predicted molar refractivity (Wildman–Crippen MR) is 112 cm³/mol. The Bertz CT molecular complexity index is 657. The molecule has 0 aromatic heterocycles. The summed E-state index contributed by atoms with van der Waals surface area (Å²) in [6, 6.07) is 7.70. The molecule has 0 atom stereocenters. The minimum atomic E-state index is -3.45. The number of hydrogen-bond acceptors (Lipinski definition) is 4. The number of nitrogens with zero attached hydrogens (tertiary/aromatic N) is 1. The maximum absolute atomic E-state index is 12.8. The molecule has 0 spiro atoms. The molecule has 1 aromatic carbocycles. The van der Waals surface area contributed by atoms with Crippen molar-refractivity contribution in [3.8, 4) is 0 Å². The summed E-state index contributed by atoms with van der Waals surface area (Å²) >= 11 is 0. The lowest BCUT2D eigenvalue weighted by Gasteiger charge is -2.32. The van der Waals surface area contributed by atoms with Crippen molar-refractivity contribution in [2.75, 3.05) is 18.0 Å². The van der Waals surface area contributed by atoms with Crippen LogP contribution in [0, 0.1) is 0 Å². The van der Waals surface area contributed by atoms with Crippen LogP contribution < -0.4 is 15.4 Å². The number of sulfonamides is 1. The number of benzene rings is 1. The average molecular weight is 394 g/mol. The maximum Gasteiger partial charge on any atom is 0.240 e. The van der Waals surface area contributed by atoms with Crippen LogP contribution in [0.3, 0.4) is 0 Å². The highest BCUT2D eigenvalue weighted by Crippen LogP contribution is 2.23. The van der Waals surface area contributed by atoms with Crippen LogP contribution in [0.2, 0.25) is 0 Å². The summed E-state index contributed by atoms with van der Waals surface area (Å²) in [4.78, 5) is 2.66. The number of rotatable bonds is 4. The Morgan fingerprint density at radius 3 is 1.89 bits per heavy atom. The van der Waals surface area contributed by atoms with E-state index in [4.69, 9.17) is 5.73 Å². The van der Waals surface area contributed by atoms with Crippen LogP contribution >= 0.6 is 0 Å². The highest BCUT2D eigenvalue weighted by atomic mass is 32.2. The zero-order chi connectivity index (χ0) is 19.1. The molecule has 152 valence electrons. The molecular formula is C21H35N3O2S. The third kappa shape index (κ3) is 6.19. The second kappa shape index (κ2) is 9.89. The van der Waals surface area contributed by atoms with E-state index in [0.29, 0.717) is 10.9 Å². The molecule has 2 aliphatic rings. The predicted octanol–water partition coefficient (Wildman–Crippen LogP) is 3.79. The van der Waals surface area contributed by atoms with Crippen LogP contribution in [0.5, 0.6) is 0 Å². The van der Waals surface area contributed by atoms with Gasteiger partial charge >= 0.3 is 0 Å². The van der Waals surface area contributed by atoms with Crippen LogP contribution in [-0.4, -0.2) is 33.6 Å².